The molecule has 118 valence electrons. The van der Waals surface area contributed by atoms with Gasteiger partial charge in [0.15, 0.2) is 0 Å². The van der Waals surface area contributed by atoms with Gasteiger partial charge in [-0.2, -0.15) is 0 Å². The van der Waals surface area contributed by atoms with Crippen LogP contribution in [0.1, 0.15) is 46.5 Å². The van der Waals surface area contributed by atoms with Crippen LogP contribution in [0.15, 0.2) is 0 Å². The van der Waals surface area contributed by atoms with Crippen molar-refractivity contribution in [1.82, 2.24) is 4.90 Å². The van der Waals surface area contributed by atoms with Gasteiger partial charge in [0, 0.05) is 12.3 Å². The fourth-order valence-corrected chi connectivity index (χ4v) is 2.82. The van der Waals surface area contributed by atoms with E-state index in [1.807, 2.05) is 20.8 Å². The summed E-state index contributed by atoms with van der Waals surface area (Å²) in [5.41, 5.74) is 0. The Labute approximate surface area is 127 Å². The van der Waals surface area contributed by atoms with Crippen LogP contribution in [0.5, 0.6) is 0 Å². The third kappa shape index (κ3) is 8.12. The molecule has 0 saturated carbocycles. The van der Waals surface area contributed by atoms with Crippen LogP contribution in [0.3, 0.4) is 0 Å². The normalized spacial score (nSPS) is 18.2. The fourth-order valence-electron chi connectivity index (χ4n) is 2.22. The second-order valence-electron chi connectivity index (χ2n) is 5.75. The van der Waals surface area contributed by atoms with E-state index in [1.54, 1.807) is 0 Å². The summed E-state index contributed by atoms with van der Waals surface area (Å²) in [4.78, 5) is 14.2. The second kappa shape index (κ2) is 10.5. The molecule has 5 heteroatoms. The molecular weight excluding hydrogens is 274 g/mol. The number of carbonyl (C=O) groups is 1. The van der Waals surface area contributed by atoms with Crippen LogP contribution in [-0.4, -0.2) is 49.0 Å². The van der Waals surface area contributed by atoms with Gasteiger partial charge >= 0.3 is 5.97 Å². The summed E-state index contributed by atoms with van der Waals surface area (Å²) in [6, 6.07) is 0. The van der Waals surface area contributed by atoms with Crippen LogP contribution in [0.25, 0.3) is 0 Å². The number of rotatable bonds is 9. The lowest BCUT2D eigenvalue weighted by Gasteiger charge is -2.28. The Morgan fingerprint density at radius 1 is 1.20 bits per heavy atom. The molecular formula is C15H29NO3S. The zero-order valence-corrected chi connectivity index (χ0v) is 13.9. The molecule has 0 N–H and O–H groups in total. The van der Waals surface area contributed by atoms with E-state index in [-0.39, 0.29) is 18.0 Å². The van der Waals surface area contributed by atoms with Crippen molar-refractivity contribution in [3.8, 4) is 0 Å². The van der Waals surface area contributed by atoms with E-state index in [0.29, 0.717) is 6.61 Å². The first-order valence-electron chi connectivity index (χ1n) is 7.77. The maximum atomic E-state index is 11.9. The summed E-state index contributed by atoms with van der Waals surface area (Å²) in [5, 5.41) is 0. The molecule has 0 spiro atoms. The zero-order chi connectivity index (χ0) is 14.8. The van der Waals surface area contributed by atoms with Gasteiger partial charge in [0.25, 0.3) is 0 Å². The first-order valence-corrected chi connectivity index (χ1v) is 8.68. The molecule has 1 aliphatic heterocycles. The van der Waals surface area contributed by atoms with Crippen molar-refractivity contribution in [3.63, 3.8) is 0 Å². The van der Waals surface area contributed by atoms with Crippen LogP contribution >= 0.6 is 12.0 Å². The highest BCUT2D eigenvalue weighted by Gasteiger charge is 2.19. The summed E-state index contributed by atoms with van der Waals surface area (Å²) in [6.07, 6.45) is 4.93. The SMILES string of the molecule is CC(C)OSCCCOC(=O)C(C)CN1CCCCC1. The monoisotopic (exact) mass is 303 g/mol. The highest BCUT2D eigenvalue weighted by atomic mass is 32.2. The lowest BCUT2D eigenvalue weighted by molar-refractivity contribution is -0.148. The average Bonchev–Trinajstić information content (AvgIpc) is 2.43. The van der Waals surface area contributed by atoms with E-state index in [2.05, 4.69) is 4.90 Å². The van der Waals surface area contributed by atoms with Crippen molar-refractivity contribution in [2.75, 3.05) is 32.0 Å². The maximum absolute atomic E-state index is 11.9. The number of likely N-dealkylation sites (tertiary alicyclic amines) is 1. The minimum Gasteiger partial charge on any atom is -0.465 e. The Bertz CT molecular complexity index is 268. The lowest BCUT2D eigenvalue weighted by Crippen LogP contribution is -2.36. The van der Waals surface area contributed by atoms with Crippen LogP contribution in [-0.2, 0) is 13.7 Å². The molecule has 1 fully saturated rings. The number of piperidine rings is 1. The molecule has 4 nitrogen and oxygen atoms in total. The van der Waals surface area contributed by atoms with E-state index in [4.69, 9.17) is 8.92 Å². The molecule has 1 atom stereocenters. The van der Waals surface area contributed by atoms with Gasteiger partial charge in [0.05, 0.1) is 18.6 Å². The topological polar surface area (TPSA) is 38.8 Å². The summed E-state index contributed by atoms with van der Waals surface area (Å²) in [6.45, 7) is 9.57. The predicted octanol–water partition coefficient (Wildman–Crippen LogP) is 3.11. The summed E-state index contributed by atoms with van der Waals surface area (Å²) in [5.74, 6) is 0.782. The minimum absolute atomic E-state index is 0.0207. The lowest BCUT2D eigenvalue weighted by atomic mass is 10.1. The Hall–Kier alpha value is -0.260. The highest BCUT2D eigenvalue weighted by molar-refractivity contribution is 7.94. The summed E-state index contributed by atoms with van der Waals surface area (Å²) < 4.78 is 10.7. The first kappa shape index (κ1) is 17.8. The van der Waals surface area contributed by atoms with Crippen molar-refractivity contribution in [2.45, 2.75) is 52.6 Å². The van der Waals surface area contributed by atoms with Gasteiger partial charge in [0.2, 0.25) is 0 Å². The van der Waals surface area contributed by atoms with E-state index in [1.165, 1.54) is 31.3 Å². The highest BCUT2D eigenvalue weighted by Crippen LogP contribution is 2.12. The molecule has 0 radical (unpaired) electrons. The predicted molar refractivity (Wildman–Crippen MR) is 83.7 cm³/mol. The van der Waals surface area contributed by atoms with Crippen molar-refractivity contribution < 1.29 is 13.7 Å². The summed E-state index contributed by atoms with van der Waals surface area (Å²) in [7, 11) is 0. The smallest absolute Gasteiger partial charge is 0.309 e. The number of hydrogen-bond donors (Lipinski definition) is 0. The maximum Gasteiger partial charge on any atom is 0.309 e. The molecule has 1 saturated heterocycles. The van der Waals surface area contributed by atoms with E-state index < -0.39 is 0 Å². The second-order valence-corrected chi connectivity index (χ2v) is 6.59. The van der Waals surface area contributed by atoms with Gasteiger partial charge in [-0.05, 0) is 58.2 Å². The zero-order valence-electron chi connectivity index (χ0n) is 13.1. The van der Waals surface area contributed by atoms with Gasteiger partial charge < -0.3 is 13.8 Å². The number of carbonyl (C=O) groups excluding carboxylic acids is 1. The van der Waals surface area contributed by atoms with Gasteiger partial charge in [-0.25, -0.2) is 0 Å². The van der Waals surface area contributed by atoms with E-state index in [0.717, 1.165) is 31.8 Å². The van der Waals surface area contributed by atoms with E-state index >= 15 is 0 Å². The van der Waals surface area contributed by atoms with Gasteiger partial charge in [-0.1, -0.05) is 13.3 Å². The average molecular weight is 303 g/mol. The molecule has 1 heterocycles. The molecule has 1 rings (SSSR count). The molecule has 0 amide bonds. The van der Waals surface area contributed by atoms with Crippen molar-refractivity contribution in [2.24, 2.45) is 5.92 Å². The quantitative estimate of drug-likeness (QED) is 0.372. The minimum atomic E-state index is -0.0645. The molecule has 0 aromatic rings. The van der Waals surface area contributed by atoms with Crippen molar-refractivity contribution >= 4 is 18.0 Å². The van der Waals surface area contributed by atoms with Crippen molar-refractivity contribution in [3.05, 3.63) is 0 Å². The van der Waals surface area contributed by atoms with Crippen LogP contribution in [0.4, 0.5) is 0 Å². The third-order valence-corrected chi connectivity index (χ3v) is 4.24. The van der Waals surface area contributed by atoms with Gasteiger partial charge in [-0.3, -0.25) is 4.79 Å². The summed E-state index contributed by atoms with van der Waals surface area (Å²) >= 11 is 1.45. The molecule has 20 heavy (non-hydrogen) atoms. The Morgan fingerprint density at radius 2 is 1.90 bits per heavy atom. The Morgan fingerprint density at radius 3 is 2.55 bits per heavy atom. The van der Waals surface area contributed by atoms with Gasteiger partial charge in [-0.15, -0.1) is 0 Å². The largest absolute Gasteiger partial charge is 0.465 e. The van der Waals surface area contributed by atoms with Gasteiger partial charge in [0.1, 0.15) is 0 Å². The third-order valence-electron chi connectivity index (χ3n) is 3.26. The van der Waals surface area contributed by atoms with Crippen LogP contribution in [0.2, 0.25) is 0 Å². The van der Waals surface area contributed by atoms with Crippen LogP contribution in [0, 0.1) is 5.92 Å². The molecule has 0 bridgehead atoms. The fraction of sp³-hybridized carbons (Fsp3) is 0.933. The molecule has 0 aromatic carbocycles. The number of esters is 1. The van der Waals surface area contributed by atoms with Crippen LogP contribution < -0.4 is 0 Å². The molecule has 1 unspecified atom stereocenters. The first-order chi connectivity index (χ1) is 9.59. The molecule has 0 aromatic heterocycles. The number of nitrogens with zero attached hydrogens (tertiary/aromatic N) is 1. The number of hydrogen-bond acceptors (Lipinski definition) is 5. The van der Waals surface area contributed by atoms with Crippen molar-refractivity contribution in [1.29, 1.82) is 0 Å². The number of ether oxygens (including phenoxy) is 1. The molecule has 1 aliphatic rings. The van der Waals surface area contributed by atoms with E-state index in [9.17, 15) is 4.79 Å². The standard InChI is InChI=1S/C15H29NO3S/c1-13(2)19-20-11-7-10-18-15(17)14(3)12-16-8-5-4-6-9-16/h13-14H,4-12H2,1-3H3. The Balaban J connectivity index is 2.03. The molecule has 0 aliphatic carbocycles. The Kier molecular flexibility index (Phi) is 9.31.